The number of hydrogen-bond acceptors (Lipinski definition) is 2. The third-order valence-corrected chi connectivity index (χ3v) is 4.90. The van der Waals surface area contributed by atoms with Crippen LogP contribution in [0, 0.1) is 13.8 Å². The third-order valence-electron chi connectivity index (χ3n) is 4.32. The number of benzene rings is 2. The molecule has 0 aliphatic rings. The zero-order chi connectivity index (χ0) is 17.3. The molecule has 24 heavy (non-hydrogen) atoms. The predicted octanol–water partition coefficient (Wildman–Crippen LogP) is 5.30. The standard InChI is InChI=1S/C20H20ClNO2/c1-4-22(16-8-6-5-7-9-16)18(23)11-15-12-24-17-10-13(2)20(21)14(3)19(15)17/h5-10,12H,4,11H2,1-3H3. The molecule has 2 aromatic carbocycles. The second-order valence-corrected chi connectivity index (χ2v) is 6.29. The molecule has 0 aliphatic heterocycles. The van der Waals surface area contributed by atoms with Gasteiger partial charge < -0.3 is 9.32 Å². The van der Waals surface area contributed by atoms with Crippen LogP contribution in [-0.4, -0.2) is 12.5 Å². The lowest BCUT2D eigenvalue weighted by molar-refractivity contribution is -0.117. The van der Waals surface area contributed by atoms with Gasteiger partial charge in [0, 0.05) is 28.2 Å². The normalized spacial score (nSPS) is 11.0. The Balaban J connectivity index is 1.95. The Hall–Kier alpha value is -2.26. The second kappa shape index (κ2) is 6.70. The Morgan fingerprint density at radius 2 is 1.92 bits per heavy atom. The zero-order valence-corrected chi connectivity index (χ0v) is 14.9. The number of para-hydroxylation sites is 1. The van der Waals surface area contributed by atoms with Gasteiger partial charge in [0.1, 0.15) is 5.58 Å². The van der Waals surface area contributed by atoms with Crippen LogP contribution in [0.15, 0.2) is 47.1 Å². The summed E-state index contributed by atoms with van der Waals surface area (Å²) in [5, 5.41) is 1.68. The van der Waals surface area contributed by atoms with Crippen molar-refractivity contribution in [2.24, 2.45) is 0 Å². The minimum Gasteiger partial charge on any atom is -0.464 e. The molecule has 0 fully saturated rings. The van der Waals surface area contributed by atoms with E-state index in [1.165, 1.54) is 0 Å². The maximum atomic E-state index is 12.8. The van der Waals surface area contributed by atoms with Gasteiger partial charge in [-0.15, -0.1) is 0 Å². The van der Waals surface area contributed by atoms with E-state index in [4.69, 9.17) is 16.0 Å². The fourth-order valence-corrected chi connectivity index (χ4v) is 3.26. The Kier molecular flexibility index (Phi) is 4.63. The van der Waals surface area contributed by atoms with Gasteiger partial charge in [0.25, 0.3) is 0 Å². The van der Waals surface area contributed by atoms with Crippen molar-refractivity contribution in [2.75, 3.05) is 11.4 Å². The highest BCUT2D eigenvalue weighted by atomic mass is 35.5. The molecule has 124 valence electrons. The highest BCUT2D eigenvalue weighted by Gasteiger charge is 2.19. The molecule has 4 heteroatoms. The summed E-state index contributed by atoms with van der Waals surface area (Å²) in [7, 11) is 0. The Bertz CT molecular complexity index is 884. The van der Waals surface area contributed by atoms with Crippen molar-refractivity contribution in [3.63, 3.8) is 0 Å². The molecule has 0 spiro atoms. The quantitative estimate of drug-likeness (QED) is 0.645. The topological polar surface area (TPSA) is 33.5 Å². The number of likely N-dealkylation sites (N-methyl/N-ethyl adjacent to an activating group) is 1. The van der Waals surface area contributed by atoms with Crippen molar-refractivity contribution in [1.82, 2.24) is 0 Å². The maximum Gasteiger partial charge on any atom is 0.231 e. The number of furan rings is 1. The molecule has 0 saturated carbocycles. The van der Waals surface area contributed by atoms with E-state index in [-0.39, 0.29) is 12.3 Å². The summed E-state index contributed by atoms with van der Waals surface area (Å²) >= 11 is 6.37. The number of hydrogen-bond donors (Lipinski definition) is 0. The molecule has 3 rings (SSSR count). The number of amides is 1. The van der Waals surface area contributed by atoms with Crippen molar-refractivity contribution in [1.29, 1.82) is 0 Å². The van der Waals surface area contributed by atoms with Crippen LogP contribution in [0.3, 0.4) is 0 Å². The lowest BCUT2D eigenvalue weighted by atomic mass is 10.0. The fourth-order valence-electron chi connectivity index (χ4n) is 3.11. The molecule has 1 amide bonds. The number of carbonyl (C=O) groups is 1. The molecule has 1 heterocycles. The van der Waals surface area contributed by atoms with E-state index >= 15 is 0 Å². The highest BCUT2D eigenvalue weighted by Crippen LogP contribution is 2.33. The van der Waals surface area contributed by atoms with E-state index in [2.05, 4.69) is 0 Å². The van der Waals surface area contributed by atoms with E-state index in [9.17, 15) is 4.79 Å². The van der Waals surface area contributed by atoms with Crippen LogP contribution in [0.25, 0.3) is 11.0 Å². The average Bonchev–Trinajstić information content (AvgIpc) is 2.97. The molecule has 0 atom stereocenters. The van der Waals surface area contributed by atoms with Gasteiger partial charge in [0.05, 0.1) is 12.7 Å². The molecule has 0 bridgehead atoms. The summed E-state index contributed by atoms with van der Waals surface area (Å²) in [6.07, 6.45) is 1.96. The van der Waals surface area contributed by atoms with Gasteiger partial charge in [-0.25, -0.2) is 0 Å². The van der Waals surface area contributed by atoms with E-state index in [0.717, 1.165) is 38.4 Å². The van der Waals surface area contributed by atoms with Crippen molar-refractivity contribution < 1.29 is 9.21 Å². The Labute approximate surface area is 146 Å². The van der Waals surface area contributed by atoms with E-state index < -0.39 is 0 Å². The number of aryl methyl sites for hydroxylation is 2. The van der Waals surface area contributed by atoms with Crippen molar-refractivity contribution in [3.8, 4) is 0 Å². The number of rotatable bonds is 4. The van der Waals surface area contributed by atoms with Crippen LogP contribution >= 0.6 is 11.6 Å². The first kappa shape index (κ1) is 16.6. The maximum absolute atomic E-state index is 12.8. The summed E-state index contributed by atoms with van der Waals surface area (Å²) in [5.41, 5.74) is 4.51. The predicted molar refractivity (Wildman–Crippen MR) is 98.9 cm³/mol. The molecular weight excluding hydrogens is 322 g/mol. The number of anilines is 1. The second-order valence-electron chi connectivity index (χ2n) is 5.92. The average molecular weight is 342 g/mol. The largest absolute Gasteiger partial charge is 0.464 e. The number of carbonyl (C=O) groups excluding carboxylic acids is 1. The van der Waals surface area contributed by atoms with E-state index in [1.54, 1.807) is 11.2 Å². The molecule has 0 N–H and O–H groups in total. The molecule has 0 radical (unpaired) electrons. The van der Waals surface area contributed by atoms with Crippen LogP contribution < -0.4 is 4.90 Å². The van der Waals surface area contributed by atoms with Gasteiger partial charge in [-0.2, -0.15) is 0 Å². The number of fused-ring (bicyclic) bond motifs is 1. The first-order chi connectivity index (χ1) is 11.5. The SMILES string of the molecule is CCN(C(=O)Cc1coc2cc(C)c(Cl)c(C)c12)c1ccccc1. The van der Waals surface area contributed by atoms with Gasteiger partial charge in [0.15, 0.2) is 0 Å². The summed E-state index contributed by atoms with van der Waals surface area (Å²) in [6, 6.07) is 11.6. The number of nitrogens with zero attached hydrogens (tertiary/aromatic N) is 1. The van der Waals surface area contributed by atoms with Crippen LogP contribution in [-0.2, 0) is 11.2 Å². The molecule has 3 aromatic rings. The van der Waals surface area contributed by atoms with Crippen LogP contribution in [0.1, 0.15) is 23.6 Å². The first-order valence-corrected chi connectivity index (χ1v) is 8.42. The Morgan fingerprint density at radius 1 is 1.21 bits per heavy atom. The summed E-state index contributed by atoms with van der Waals surface area (Å²) < 4.78 is 5.66. The van der Waals surface area contributed by atoms with Gasteiger partial charge in [-0.05, 0) is 50.1 Å². The van der Waals surface area contributed by atoms with Gasteiger partial charge in [0.2, 0.25) is 5.91 Å². The lowest BCUT2D eigenvalue weighted by Crippen LogP contribution is -2.31. The summed E-state index contributed by atoms with van der Waals surface area (Å²) in [4.78, 5) is 14.6. The van der Waals surface area contributed by atoms with Gasteiger partial charge in [-0.3, -0.25) is 4.79 Å². The molecule has 0 aliphatic carbocycles. The fraction of sp³-hybridized carbons (Fsp3) is 0.250. The molecule has 1 aromatic heterocycles. The minimum atomic E-state index is 0.0440. The summed E-state index contributed by atoms with van der Waals surface area (Å²) in [5.74, 6) is 0.0440. The minimum absolute atomic E-state index is 0.0440. The summed E-state index contributed by atoms with van der Waals surface area (Å²) in [6.45, 7) is 6.52. The monoisotopic (exact) mass is 341 g/mol. The van der Waals surface area contributed by atoms with Gasteiger partial charge >= 0.3 is 0 Å². The van der Waals surface area contributed by atoms with Crippen molar-refractivity contribution in [2.45, 2.75) is 27.2 Å². The Morgan fingerprint density at radius 3 is 2.58 bits per heavy atom. The molecule has 0 unspecified atom stereocenters. The lowest BCUT2D eigenvalue weighted by Gasteiger charge is -2.21. The van der Waals surface area contributed by atoms with Crippen LogP contribution in [0.2, 0.25) is 5.02 Å². The van der Waals surface area contributed by atoms with E-state index in [0.29, 0.717) is 6.54 Å². The molecular formula is C20H20ClNO2. The van der Waals surface area contributed by atoms with Crippen molar-refractivity contribution in [3.05, 3.63) is 64.4 Å². The van der Waals surface area contributed by atoms with Gasteiger partial charge in [-0.1, -0.05) is 29.8 Å². The zero-order valence-electron chi connectivity index (χ0n) is 14.1. The first-order valence-electron chi connectivity index (χ1n) is 8.04. The highest BCUT2D eigenvalue weighted by molar-refractivity contribution is 6.33. The van der Waals surface area contributed by atoms with Crippen LogP contribution in [0.5, 0.6) is 0 Å². The molecule has 0 saturated heterocycles. The molecule has 3 nitrogen and oxygen atoms in total. The smallest absolute Gasteiger partial charge is 0.231 e. The van der Waals surface area contributed by atoms with E-state index in [1.807, 2.05) is 57.2 Å². The van der Waals surface area contributed by atoms with Crippen molar-refractivity contribution >= 4 is 34.2 Å². The third kappa shape index (κ3) is 2.92. The van der Waals surface area contributed by atoms with Crippen LogP contribution in [0.4, 0.5) is 5.69 Å². The number of halogens is 1.